The van der Waals surface area contributed by atoms with E-state index in [2.05, 4.69) is 9.67 Å². The van der Waals surface area contributed by atoms with E-state index in [0.29, 0.717) is 24.4 Å². The minimum Gasteiger partial charge on any atom is -0.496 e. The van der Waals surface area contributed by atoms with Crippen molar-refractivity contribution in [2.24, 2.45) is 0 Å². The Bertz CT molecular complexity index is 1120. The third kappa shape index (κ3) is 3.54. The Kier molecular flexibility index (Phi) is 4.72. The number of rotatable bonds is 2. The molecule has 3 heterocycles. The molecule has 1 aliphatic rings. The van der Waals surface area contributed by atoms with Gasteiger partial charge in [0.25, 0.3) is 5.56 Å². The molecule has 1 fully saturated rings. The molecule has 0 N–H and O–H groups in total. The van der Waals surface area contributed by atoms with Gasteiger partial charge >= 0.3 is 6.09 Å². The van der Waals surface area contributed by atoms with Crippen molar-refractivity contribution in [2.45, 2.75) is 45.3 Å². The highest BCUT2D eigenvalue weighted by molar-refractivity contribution is 5.97. The van der Waals surface area contributed by atoms with E-state index >= 15 is 0 Å². The number of amides is 1. The van der Waals surface area contributed by atoms with Crippen molar-refractivity contribution in [1.82, 2.24) is 19.1 Å². The van der Waals surface area contributed by atoms with E-state index in [-0.39, 0.29) is 17.7 Å². The molecule has 0 aliphatic carbocycles. The maximum Gasteiger partial charge on any atom is 0.410 e. The molecule has 0 spiro atoms. The Morgan fingerprint density at radius 3 is 2.55 bits per heavy atom. The Balaban J connectivity index is 1.68. The largest absolute Gasteiger partial charge is 0.496 e. The van der Waals surface area contributed by atoms with E-state index in [0.717, 1.165) is 23.9 Å². The van der Waals surface area contributed by atoms with Crippen LogP contribution in [0.3, 0.4) is 0 Å². The van der Waals surface area contributed by atoms with Gasteiger partial charge in [-0.05, 0) is 45.7 Å². The van der Waals surface area contributed by atoms with Gasteiger partial charge in [-0.3, -0.25) is 4.79 Å². The topological polar surface area (TPSA) is 78.1 Å². The fourth-order valence-electron chi connectivity index (χ4n) is 3.88. The fourth-order valence-corrected chi connectivity index (χ4v) is 3.88. The summed E-state index contributed by atoms with van der Waals surface area (Å²) in [6.45, 7) is 6.80. The second-order valence-corrected chi connectivity index (χ2v) is 8.35. The molecule has 0 atom stereocenters. The zero-order chi connectivity index (χ0) is 20.8. The second-order valence-electron chi connectivity index (χ2n) is 8.35. The molecule has 0 saturated carbocycles. The van der Waals surface area contributed by atoms with Crippen LogP contribution in [0.1, 0.15) is 39.7 Å². The number of hydrogen-bond acceptors (Lipinski definition) is 5. The zero-order valence-corrected chi connectivity index (χ0v) is 17.2. The monoisotopic (exact) mass is 398 g/mol. The summed E-state index contributed by atoms with van der Waals surface area (Å²) in [5.74, 6) is 0.683. The molecule has 1 aliphatic heterocycles. The van der Waals surface area contributed by atoms with Crippen LogP contribution in [0.4, 0.5) is 4.79 Å². The molecule has 1 amide bonds. The summed E-state index contributed by atoms with van der Waals surface area (Å²) in [6.07, 6.45) is 3.07. The standard InChI is InChI=1S/C21H26N4O4/c1-21(2,3)29-20(27)23-11-8-14(9-12-23)24-13-10-17(26)25-19(24)18-15(22-25)6-5-7-16(18)28-4/h5-7,10,13-14H,8-9,11-12H2,1-4H3. The first-order chi connectivity index (χ1) is 13.8. The maximum atomic E-state index is 12.4. The van der Waals surface area contributed by atoms with Gasteiger partial charge in [0.15, 0.2) is 5.65 Å². The predicted octanol–water partition coefficient (Wildman–Crippen LogP) is 3.23. The van der Waals surface area contributed by atoms with Crippen molar-refractivity contribution in [3.05, 3.63) is 40.8 Å². The van der Waals surface area contributed by atoms with Gasteiger partial charge in [0.1, 0.15) is 11.4 Å². The van der Waals surface area contributed by atoms with Gasteiger partial charge in [-0.2, -0.15) is 9.61 Å². The summed E-state index contributed by atoms with van der Waals surface area (Å²) in [7, 11) is 1.61. The van der Waals surface area contributed by atoms with Gasteiger partial charge in [0.05, 0.1) is 18.0 Å². The van der Waals surface area contributed by atoms with Crippen LogP contribution in [0.2, 0.25) is 0 Å². The number of likely N-dealkylation sites (tertiary alicyclic amines) is 1. The fraction of sp³-hybridized carbons (Fsp3) is 0.476. The number of carbonyl (C=O) groups is 1. The Morgan fingerprint density at radius 1 is 1.17 bits per heavy atom. The van der Waals surface area contributed by atoms with E-state index in [4.69, 9.17) is 9.47 Å². The molecule has 0 bridgehead atoms. The normalized spacial score (nSPS) is 15.8. The van der Waals surface area contributed by atoms with Crippen LogP contribution in [0.25, 0.3) is 16.6 Å². The van der Waals surface area contributed by atoms with Crippen LogP contribution < -0.4 is 10.3 Å². The molecule has 8 heteroatoms. The van der Waals surface area contributed by atoms with Crippen LogP contribution in [-0.4, -0.2) is 51.0 Å². The van der Waals surface area contributed by atoms with Gasteiger partial charge < -0.3 is 18.9 Å². The molecular formula is C21H26N4O4. The minimum absolute atomic E-state index is 0.140. The molecule has 29 heavy (non-hydrogen) atoms. The van der Waals surface area contributed by atoms with Gasteiger partial charge in [-0.15, -0.1) is 0 Å². The van der Waals surface area contributed by atoms with Gasteiger partial charge in [0.2, 0.25) is 0 Å². The Morgan fingerprint density at radius 2 is 1.90 bits per heavy atom. The van der Waals surface area contributed by atoms with Crippen molar-refractivity contribution >= 4 is 22.6 Å². The van der Waals surface area contributed by atoms with Crippen LogP contribution in [0, 0.1) is 0 Å². The summed E-state index contributed by atoms with van der Waals surface area (Å²) < 4.78 is 14.5. The van der Waals surface area contributed by atoms with Crippen LogP contribution in [-0.2, 0) is 4.74 Å². The number of hydrogen-bond donors (Lipinski definition) is 0. The highest BCUT2D eigenvalue weighted by Gasteiger charge is 2.28. The summed E-state index contributed by atoms with van der Waals surface area (Å²) in [5.41, 5.74) is 0.750. The molecule has 154 valence electrons. The number of benzene rings is 1. The van der Waals surface area contributed by atoms with E-state index in [1.165, 1.54) is 10.6 Å². The van der Waals surface area contributed by atoms with Crippen LogP contribution in [0.15, 0.2) is 35.3 Å². The third-order valence-electron chi connectivity index (χ3n) is 5.20. The van der Waals surface area contributed by atoms with E-state index in [1.54, 1.807) is 12.0 Å². The number of ether oxygens (including phenoxy) is 2. The van der Waals surface area contributed by atoms with E-state index in [1.807, 2.05) is 45.2 Å². The maximum absolute atomic E-state index is 12.4. The zero-order valence-electron chi connectivity index (χ0n) is 17.2. The highest BCUT2D eigenvalue weighted by Crippen LogP contribution is 2.32. The highest BCUT2D eigenvalue weighted by atomic mass is 16.6. The first kappa shape index (κ1) is 19.3. The van der Waals surface area contributed by atoms with Gasteiger partial charge in [-0.25, -0.2) is 4.79 Å². The van der Waals surface area contributed by atoms with Crippen molar-refractivity contribution in [1.29, 1.82) is 0 Å². The molecule has 8 nitrogen and oxygen atoms in total. The predicted molar refractivity (Wildman–Crippen MR) is 110 cm³/mol. The Labute approximate surface area is 168 Å². The smallest absolute Gasteiger partial charge is 0.410 e. The average Bonchev–Trinajstić information content (AvgIpc) is 3.08. The molecule has 1 aromatic carbocycles. The summed E-state index contributed by atoms with van der Waals surface area (Å²) in [5, 5.41) is 5.30. The van der Waals surface area contributed by atoms with Crippen molar-refractivity contribution < 1.29 is 14.3 Å². The summed E-state index contributed by atoms with van der Waals surface area (Å²) in [6, 6.07) is 7.28. The quantitative estimate of drug-likeness (QED) is 0.662. The lowest BCUT2D eigenvalue weighted by molar-refractivity contribution is 0.0189. The molecule has 0 unspecified atom stereocenters. The number of aromatic nitrogens is 3. The first-order valence-electron chi connectivity index (χ1n) is 9.83. The van der Waals surface area contributed by atoms with Crippen LogP contribution in [0.5, 0.6) is 5.75 Å². The van der Waals surface area contributed by atoms with Crippen molar-refractivity contribution in [3.8, 4) is 5.75 Å². The van der Waals surface area contributed by atoms with E-state index < -0.39 is 5.60 Å². The second kappa shape index (κ2) is 7.09. The summed E-state index contributed by atoms with van der Waals surface area (Å²) in [4.78, 5) is 26.5. The first-order valence-corrected chi connectivity index (χ1v) is 9.83. The van der Waals surface area contributed by atoms with Crippen LogP contribution >= 0.6 is 0 Å². The van der Waals surface area contributed by atoms with Gasteiger partial charge in [-0.1, -0.05) is 6.07 Å². The third-order valence-corrected chi connectivity index (χ3v) is 5.20. The average molecular weight is 398 g/mol. The minimum atomic E-state index is -0.508. The number of methoxy groups -OCH3 is 1. The lowest BCUT2D eigenvalue weighted by atomic mass is 10.0. The Hall–Kier alpha value is -3.03. The number of fused-ring (bicyclic) bond motifs is 3. The van der Waals surface area contributed by atoms with Gasteiger partial charge in [0, 0.05) is 31.4 Å². The number of piperidine rings is 1. The van der Waals surface area contributed by atoms with Crippen molar-refractivity contribution in [3.63, 3.8) is 0 Å². The number of carbonyl (C=O) groups excluding carboxylic acids is 1. The van der Waals surface area contributed by atoms with E-state index in [9.17, 15) is 9.59 Å². The lowest BCUT2D eigenvalue weighted by Crippen LogP contribution is -2.42. The molecule has 1 saturated heterocycles. The molecule has 4 rings (SSSR count). The summed E-state index contributed by atoms with van der Waals surface area (Å²) >= 11 is 0. The molecule has 3 aromatic rings. The van der Waals surface area contributed by atoms with Crippen molar-refractivity contribution in [2.75, 3.05) is 20.2 Å². The molecule has 2 aromatic heterocycles. The molecule has 0 radical (unpaired) electrons. The SMILES string of the molecule is COc1cccc2nn3c(=O)ccn(C4CCN(C(=O)OC(C)(C)C)CC4)c3c12. The lowest BCUT2D eigenvalue weighted by Gasteiger charge is -2.34. The molecular weight excluding hydrogens is 372 g/mol. The number of nitrogens with zero attached hydrogens (tertiary/aromatic N) is 4.